The Bertz CT molecular complexity index is 996. The minimum atomic E-state index is -4.35. The van der Waals surface area contributed by atoms with Crippen LogP contribution >= 0.6 is 11.6 Å². The Morgan fingerprint density at radius 2 is 1.83 bits per heavy atom. The first kappa shape index (κ1) is 25.9. The smallest absolute Gasteiger partial charge is 0.379 e. The molecule has 0 N–H and O–H groups in total. The number of likely N-dealkylation sites (N-methyl/N-ethyl adjacent to an activating group) is 1. The minimum absolute atomic E-state index is 0.0168. The molecule has 0 aromatic heterocycles. The largest absolute Gasteiger partial charge is 0.416 e. The summed E-state index contributed by atoms with van der Waals surface area (Å²) in [5, 5.41) is 0.642. The number of nitrogens with zero attached hydrogens (tertiary/aromatic N) is 3. The van der Waals surface area contributed by atoms with E-state index in [2.05, 4.69) is 9.80 Å². The first-order valence-electron chi connectivity index (χ1n) is 11.9. The number of rotatable bonds is 7. The average Bonchev–Trinajstić information content (AvgIpc) is 3.29. The van der Waals surface area contributed by atoms with E-state index in [1.54, 1.807) is 0 Å². The summed E-state index contributed by atoms with van der Waals surface area (Å²) >= 11 is 6.26. The number of morpholine rings is 1. The van der Waals surface area contributed by atoms with E-state index >= 15 is 0 Å². The van der Waals surface area contributed by atoms with E-state index in [0.29, 0.717) is 50.8 Å². The summed E-state index contributed by atoms with van der Waals surface area (Å²) in [4.78, 5) is 19.4. The van der Waals surface area contributed by atoms with Crippen LogP contribution in [0.4, 0.5) is 13.2 Å². The molecule has 5 nitrogen and oxygen atoms in total. The maximum atomic E-state index is 13.1. The van der Waals surface area contributed by atoms with E-state index in [1.165, 1.54) is 12.1 Å². The van der Waals surface area contributed by atoms with Crippen LogP contribution in [0.15, 0.2) is 48.5 Å². The van der Waals surface area contributed by atoms with Gasteiger partial charge in [0.2, 0.25) is 5.91 Å². The SMILES string of the molecule is CN(Cc1ccc(C(F)(F)F)cc1)C1CN(C(=O)CCN2CCOCC2)C[C@@H]1c1cccc(Cl)c1. The number of halogens is 4. The van der Waals surface area contributed by atoms with Gasteiger partial charge in [0.15, 0.2) is 0 Å². The van der Waals surface area contributed by atoms with Gasteiger partial charge in [0.05, 0.1) is 18.8 Å². The molecule has 1 unspecified atom stereocenters. The first-order chi connectivity index (χ1) is 16.7. The Balaban J connectivity index is 1.45. The summed E-state index contributed by atoms with van der Waals surface area (Å²) in [6.07, 6.45) is -3.90. The Kier molecular flexibility index (Phi) is 8.37. The molecule has 0 spiro atoms. The molecular formula is C26H31ClF3N3O2. The van der Waals surface area contributed by atoms with Crippen LogP contribution in [0.1, 0.15) is 29.0 Å². The molecule has 2 aliphatic heterocycles. The predicted molar refractivity (Wildman–Crippen MR) is 129 cm³/mol. The van der Waals surface area contributed by atoms with Crippen LogP contribution in [0.25, 0.3) is 0 Å². The Morgan fingerprint density at radius 3 is 2.49 bits per heavy atom. The zero-order valence-electron chi connectivity index (χ0n) is 19.8. The number of amides is 1. The maximum Gasteiger partial charge on any atom is 0.416 e. The lowest BCUT2D eigenvalue weighted by Crippen LogP contribution is -2.40. The molecule has 190 valence electrons. The van der Waals surface area contributed by atoms with Crippen molar-refractivity contribution in [3.8, 4) is 0 Å². The number of carbonyl (C=O) groups excluding carboxylic acids is 1. The molecule has 2 aromatic rings. The molecule has 0 radical (unpaired) electrons. The van der Waals surface area contributed by atoms with Crippen molar-refractivity contribution in [3.05, 3.63) is 70.2 Å². The van der Waals surface area contributed by atoms with Crippen LogP contribution in [-0.4, -0.2) is 79.6 Å². The van der Waals surface area contributed by atoms with Gasteiger partial charge in [0.1, 0.15) is 0 Å². The molecule has 0 bridgehead atoms. The molecule has 2 heterocycles. The third-order valence-corrected chi connectivity index (χ3v) is 7.18. The highest BCUT2D eigenvalue weighted by molar-refractivity contribution is 6.30. The van der Waals surface area contributed by atoms with Crippen LogP contribution in [0.2, 0.25) is 5.02 Å². The summed E-state index contributed by atoms with van der Waals surface area (Å²) in [5.74, 6) is 0.175. The molecule has 2 saturated heterocycles. The van der Waals surface area contributed by atoms with E-state index in [9.17, 15) is 18.0 Å². The van der Waals surface area contributed by atoms with Crippen molar-refractivity contribution in [2.45, 2.75) is 31.1 Å². The van der Waals surface area contributed by atoms with Crippen LogP contribution in [-0.2, 0) is 22.3 Å². The number of ether oxygens (including phenoxy) is 1. The highest BCUT2D eigenvalue weighted by Crippen LogP contribution is 2.34. The molecule has 0 aliphatic carbocycles. The van der Waals surface area contributed by atoms with Gasteiger partial charge in [-0.05, 0) is 42.4 Å². The number of hydrogen-bond donors (Lipinski definition) is 0. The molecule has 0 saturated carbocycles. The van der Waals surface area contributed by atoms with Crippen molar-refractivity contribution in [3.63, 3.8) is 0 Å². The number of benzene rings is 2. The second kappa shape index (κ2) is 11.3. The topological polar surface area (TPSA) is 36.0 Å². The summed E-state index contributed by atoms with van der Waals surface area (Å²) < 4.78 is 44.2. The Labute approximate surface area is 209 Å². The van der Waals surface area contributed by atoms with Crippen LogP contribution in [0.5, 0.6) is 0 Å². The van der Waals surface area contributed by atoms with Gasteiger partial charge >= 0.3 is 6.18 Å². The lowest BCUT2D eigenvalue weighted by Gasteiger charge is -2.29. The van der Waals surface area contributed by atoms with Crippen molar-refractivity contribution in [1.29, 1.82) is 0 Å². The quantitative estimate of drug-likeness (QED) is 0.550. The van der Waals surface area contributed by atoms with E-state index in [0.717, 1.165) is 36.3 Å². The average molecular weight is 510 g/mol. The second-order valence-electron chi connectivity index (χ2n) is 9.34. The second-order valence-corrected chi connectivity index (χ2v) is 9.78. The Hall–Kier alpha value is -2.13. The molecule has 4 rings (SSSR count). The van der Waals surface area contributed by atoms with Crippen molar-refractivity contribution in [1.82, 2.24) is 14.7 Å². The van der Waals surface area contributed by atoms with E-state index in [4.69, 9.17) is 16.3 Å². The highest BCUT2D eigenvalue weighted by atomic mass is 35.5. The van der Waals surface area contributed by atoms with E-state index in [1.807, 2.05) is 36.2 Å². The van der Waals surface area contributed by atoms with Crippen LogP contribution in [0, 0.1) is 0 Å². The van der Waals surface area contributed by atoms with Gasteiger partial charge in [-0.1, -0.05) is 35.9 Å². The molecule has 1 amide bonds. The standard InChI is InChI=1S/C26H31ClF3N3O2/c1-31(16-19-5-7-21(8-6-19)26(28,29)30)24-18-33(17-23(24)20-3-2-4-22(27)15-20)25(34)9-10-32-11-13-35-14-12-32/h2-8,15,23-24H,9-14,16-18H2,1H3/t23-,24?/m1/s1. The number of hydrogen-bond acceptors (Lipinski definition) is 4. The van der Waals surface area contributed by atoms with Crippen molar-refractivity contribution in [2.75, 3.05) is 53.0 Å². The normalized spacial score (nSPS) is 21.6. The van der Waals surface area contributed by atoms with Gasteiger partial charge in [0, 0.05) is 62.7 Å². The number of likely N-dealkylation sites (tertiary alicyclic amines) is 1. The lowest BCUT2D eigenvalue weighted by molar-refractivity contribution is -0.137. The highest BCUT2D eigenvalue weighted by Gasteiger charge is 2.38. The fourth-order valence-electron chi connectivity index (χ4n) is 4.94. The minimum Gasteiger partial charge on any atom is -0.379 e. The fourth-order valence-corrected chi connectivity index (χ4v) is 5.14. The van der Waals surface area contributed by atoms with Gasteiger partial charge in [-0.25, -0.2) is 0 Å². The molecular weight excluding hydrogens is 479 g/mol. The van der Waals surface area contributed by atoms with Crippen LogP contribution < -0.4 is 0 Å². The third kappa shape index (κ3) is 6.76. The van der Waals surface area contributed by atoms with Gasteiger partial charge in [-0.3, -0.25) is 14.6 Å². The zero-order chi connectivity index (χ0) is 25.0. The summed E-state index contributed by atoms with van der Waals surface area (Å²) in [5.41, 5.74) is 1.20. The molecule has 2 fully saturated rings. The van der Waals surface area contributed by atoms with Crippen LogP contribution in [0.3, 0.4) is 0 Å². The van der Waals surface area contributed by atoms with E-state index in [-0.39, 0.29) is 17.9 Å². The van der Waals surface area contributed by atoms with Crippen molar-refractivity contribution >= 4 is 17.5 Å². The lowest BCUT2D eigenvalue weighted by atomic mass is 9.93. The molecule has 35 heavy (non-hydrogen) atoms. The summed E-state index contributed by atoms with van der Waals surface area (Å²) in [6.45, 7) is 5.44. The first-order valence-corrected chi connectivity index (χ1v) is 12.3. The van der Waals surface area contributed by atoms with Gasteiger partial charge < -0.3 is 9.64 Å². The number of alkyl halides is 3. The zero-order valence-corrected chi connectivity index (χ0v) is 20.6. The van der Waals surface area contributed by atoms with Gasteiger partial charge in [-0.2, -0.15) is 13.2 Å². The van der Waals surface area contributed by atoms with Gasteiger partial charge in [-0.15, -0.1) is 0 Å². The van der Waals surface area contributed by atoms with E-state index < -0.39 is 11.7 Å². The predicted octanol–water partition coefficient (Wildman–Crippen LogP) is 4.51. The molecule has 2 aromatic carbocycles. The summed E-state index contributed by atoms with van der Waals surface area (Å²) in [6, 6.07) is 13.0. The van der Waals surface area contributed by atoms with Crippen molar-refractivity contribution < 1.29 is 22.7 Å². The van der Waals surface area contributed by atoms with Crippen molar-refractivity contribution in [2.24, 2.45) is 0 Å². The molecule has 2 atom stereocenters. The summed E-state index contributed by atoms with van der Waals surface area (Å²) in [7, 11) is 1.96. The third-order valence-electron chi connectivity index (χ3n) is 6.94. The maximum absolute atomic E-state index is 13.1. The Morgan fingerprint density at radius 1 is 1.11 bits per heavy atom. The monoisotopic (exact) mass is 509 g/mol. The van der Waals surface area contributed by atoms with Gasteiger partial charge in [0.25, 0.3) is 0 Å². The fraction of sp³-hybridized carbons (Fsp3) is 0.500. The molecule has 2 aliphatic rings. The number of carbonyl (C=O) groups is 1. The molecule has 9 heteroatoms.